The number of hydrogen-bond donors (Lipinski definition) is 1. The lowest BCUT2D eigenvalue weighted by molar-refractivity contribution is 0.0429. The van der Waals surface area contributed by atoms with Gasteiger partial charge in [0.2, 0.25) is 5.82 Å². The Morgan fingerprint density at radius 2 is 2.00 bits per heavy atom. The lowest BCUT2D eigenvalue weighted by Gasteiger charge is -2.05. The van der Waals surface area contributed by atoms with Gasteiger partial charge in [-0.3, -0.25) is 0 Å². The first kappa shape index (κ1) is 18.2. The molecular weight excluding hydrogens is 356 g/mol. The Hall–Kier alpha value is -3.22. The van der Waals surface area contributed by atoms with Crippen LogP contribution in [0.2, 0.25) is 0 Å². The third-order valence-corrected chi connectivity index (χ3v) is 4.56. The molecule has 3 aromatic rings. The fourth-order valence-corrected chi connectivity index (χ4v) is 2.70. The van der Waals surface area contributed by atoms with Crippen LogP contribution < -0.4 is 5.32 Å². The number of pyridine rings is 1. The topological polar surface area (TPSA) is 90.1 Å². The molecule has 1 aromatic carbocycles. The number of carbonyl (C=O) groups excluding carboxylic acids is 1. The Balaban J connectivity index is 1.34. The molecule has 0 unspecified atom stereocenters. The molecule has 1 aliphatic rings. The maximum atomic E-state index is 12.2. The first-order chi connectivity index (χ1) is 13.6. The largest absolute Gasteiger partial charge is 0.452 e. The normalized spacial score (nSPS) is 13.5. The summed E-state index contributed by atoms with van der Waals surface area (Å²) >= 11 is 0. The van der Waals surface area contributed by atoms with Crippen LogP contribution in [-0.2, 0) is 11.3 Å². The average Bonchev–Trinajstić information content (AvgIpc) is 3.40. The Morgan fingerprint density at radius 1 is 1.21 bits per heavy atom. The molecule has 0 aliphatic heterocycles. The van der Waals surface area contributed by atoms with Crippen LogP contribution in [0.5, 0.6) is 0 Å². The summed E-state index contributed by atoms with van der Waals surface area (Å²) in [7, 11) is 0. The molecule has 0 spiro atoms. The Morgan fingerprint density at radius 3 is 2.64 bits per heavy atom. The smallest absolute Gasteiger partial charge is 0.340 e. The van der Waals surface area contributed by atoms with E-state index in [-0.39, 0.29) is 12.5 Å². The van der Waals surface area contributed by atoms with Crippen molar-refractivity contribution in [2.75, 3.05) is 5.32 Å². The van der Waals surface area contributed by atoms with E-state index in [1.165, 1.54) is 24.6 Å². The standard InChI is InChI=1S/C21H22N4O3/c1-13(2)14-3-5-15(6-4-14)20-24-19(28-25-20)12-27-21(26)16-7-10-18(22-11-16)23-17-8-9-17/h3-7,10-11,13,17H,8-9,12H2,1-2H3,(H,22,23). The molecule has 0 amide bonds. The molecule has 7 heteroatoms. The number of nitrogens with zero attached hydrogens (tertiary/aromatic N) is 3. The van der Waals surface area contributed by atoms with Gasteiger partial charge in [-0.25, -0.2) is 9.78 Å². The number of esters is 1. The molecule has 0 saturated heterocycles. The van der Waals surface area contributed by atoms with Crippen LogP contribution in [0.3, 0.4) is 0 Å². The van der Waals surface area contributed by atoms with E-state index in [0.29, 0.717) is 23.3 Å². The number of rotatable bonds is 7. The van der Waals surface area contributed by atoms with E-state index in [1.807, 2.05) is 24.3 Å². The van der Waals surface area contributed by atoms with Gasteiger partial charge in [-0.15, -0.1) is 0 Å². The SMILES string of the molecule is CC(C)c1ccc(-c2noc(COC(=O)c3ccc(NC4CC4)nc3)n2)cc1. The maximum absolute atomic E-state index is 12.2. The number of nitrogens with one attached hydrogen (secondary N) is 1. The van der Waals surface area contributed by atoms with Gasteiger partial charge in [-0.05, 0) is 36.5 Å². The van der Waals surface area contributed by atoms with Crippen molar-refractivity contribution in [3.8, 4) is 11.4 Å². The number of ether oxygens (including phenoxy) is 1. The molecule has 2 heterocycles. The van der Waals surface area contributed by atoms with Gasteiger partial charge in [0.1, 0.15) is 5.82 Å². The quantitative estimate of drug-likeness (QED) is 0.617. The van der Waals surface area contributed by atoms with Crippen LogP contribution >= 0.6 is 0 Å². The summed E-state index contributed by atoms with van der Waals surface area (Å²) in [5, 5.41) is 7.23. The molecule has 4 rings (SSSR count). The van der Waals surface area contributed by atoms with Crippen molar-refractivity contribution < 1.29 is 14.1 Å². The molecule has 7 nitrogen and oxygen atoms in total. The van der Waals surface area contributed by atoms with Crippen LogP contribution in [0.25, 0.3) is 11.4 Å². The van der Waals surface area contributed by atoms with E-state index < -0.39 is 5.97 Å². The highest BCUT2D eigenvalue weighted by molar-refractivity contribution is 5.89. The molecule has 1 saturated carbocycles. The molecule has 28 heavy (non-hydrogen) atoms. The highest BCUT2D eigenvalue weighted by atomic mass is 16.6. The van der Waals surface area contributed by atoms with Gasteiger partial charge in [0.15, 0.2) is 6.61 Å². The van der Waals surface area contributed by atoms with E-state index in [2.05, 4.69) is 34.3 Å². The minimum Gasteiger partial charge on any atom is -0.452 e. The van der Waals surface area contributed by atoms with Crippen molar-refractivity contribution in [2.24, 2.45) is 0 Å². The van der Waals surface area contributed by atoms with Crippen molar-refractivity contribution >= 4 is 11.8 Å². The molecule has 1 N–H and O–H groups in total. The molecule has 1 fully saturated rings. The lowest BCUT2D eigenvalue weighted by Crippen LogP contribution is -2.07. The third kappa shape index (κ3) is 4.36. The van der Waals surface area contributed by atoms with Crippen LogP contribution in [0.1, 0.15) is 54.4 Å². The molecule has 0 bridgehead atoms. The molecular formula is C21H22N4O3. The van der Waals surface area contributed by atoms with Crippen molar-refractivity contribution in [2.45, 2.75) is 45.3 Å². The minimum atomic E-state index is -0.480. The van der Waals surface area contributed by atoms with Crippen LogP contribution in [0.15, 0.2) is 47.1 Å². The van der Waals surface area contributed by atoms with E-state index in [0.717, 1.165) is 11.4 Å². The predicted molar refractivity (Wildman–Crippen MR) is 104 cm³/mol. The fourth-order valence-electron chi connectivity index (χ4n) is 2.70. The number of hydrogen-bond acceptors (Lipinski definition) is 7. The second kappa shape index (κ2) is 7.80. The maximum Gasteiger partial charge on any atom is 0.340 e. The van der Waals surface area contributed by atoms with Crippen LogP contribution in [0.4, 0.5) is 5.82 Å². The van der Waals surface area contributed by atoms with Gasteiger partial charge in [-0.1, -0.05) is 43.3 Å². The molecule has 0 radical (unpaired) electrons. The minimum absolute atomic E-state index is 0.0853. The number of carbonyl (C=O) groups is 1. The summed E-state index contributed by atoms with van der Waals surface area (Å²) in [5.41, 5.74) is 2.48. The van der Waals surface area contributed by atoms with Gasteiger partial charge in [0.25, 0.3) is 5.89 Å². The summed E-state index contributed by atoms with van der Waals surface area (Å²) in [6, 6.07) is 12.0. The van der Waals surface area contributed by atoms with E-state index >= 15 is 0 Å². The molecule has 2 aromatic heterocycles. The summed E-state index contributed by atoms with van der Waals surface area (Å²) in [5.74, 6) is 1.47. The van der Waals surface area contributed by atoms with E-state index in [1.54, 1.807) is 12.1 Å². The first-order valence-electron chi connectivity index (χ1n) is 9.41. The van der Waals surface area contributed by atoms with Gasteiger partial charge < -0.3 is 14.6 Å². The van der Waals surface area contributed by atoms with Crippen molar-refractivity contribution in [1.82, 2.24) is 15.1 Å². The second-order valence-corrected chi connectivity index (χ2v) is 7.22. The van der Waals surface area contributed by atoms with Gasteiger partial charge in [-0.2, -0.15) is 4.98 Å². The van der Waals surface area contributed by atoms with Crippen molar-refractivity contribution in [1.29, 1.82) is 0 Å². The monoisotopic (exact) mass is 378 g/mol. The van der Waals surface area contributed by atoms with E-state index in [9.17, 15) is 4.79 Å². The zero-order chi connectivity index (χ0) is 19.5. The summed E-state index contributed by atoms with van der Waals surface area (Å²) in [4.78, 5) is 20.7. The zero-order valence-corrected chi connectivity index (χ0v) is 15.9. The molecule has 0 atom stereocenters. The van der Waals surface area contributed by atoms with E-state index in [4.69, 9.17) is 9.26 Å². The Labute approximate surface area is 163 Å². The highest BCUT2D eigenvalue weighted by Gasteiger charge is 2.21. The predicted octanol–water partition coefficient (Wildman–Crippen LogP) is 4.19. The van der Waals surface area contributed by atoms with Crippen molar-refractivity contribution in [3.05, 3.63) is 59.6 Å². The second-order valence-electron chi connectivity index (χ2n) is 7.22. The molecule has 1 aliphatic carbocycles. The van der Waals surface area contributed by atoms with Crippen LogP contribution in [0, 0.1) is 0 Å². The number of aromatic nitrogens is 3. The van der Waals surface area contributed by atoms with Gasteiger partial charge in [0.05, 0.1) is 5.56 Å². The summed E-state index contributed by atoms with van der Waals surface area (Å²) in [6.07, 6.45) is 3.83. The Kier molecular flexibility index (Phi) is 5.06. The number of benzene rings is 1. The highest BCUT2D eigenvalue weighted by Crippen LogP contribution is 2.24. The van der Waals surface area contributed by atoms with Gasteiger partial charge >= 0.3 is 5.97 Å². The third-order valence-electron chi connectivity index (χ3n) is 4.56. The van der Waals surface area contributed by atoms with Crippen LogP contribution in [-0.4, -0.2) is 27.1 Å². The fraction of sp³-hybridized carbons (Fsp3) is 0.333. The number of anilines is 1. The Bertz CT molecular complexity index is 945. The van der Waals surface area contributed by atoms with Gasteiger partial charge in [0, 0.05) is 17.8 Å². The summed E-state index contributed by atoms with van der Waals surface area (Å²) < 4.78 is 10.4. The first-order valence-corrected chi connectivity index (χ1v) is 9.41. The molecule has 144 valence electrons. The van der Waals surface area contributed by atoms with Crippen molar-refractivity contribution in [3.63, 3.8) is 0 Å². The lowest BCUT2D eigenvalue weighted by atomic mass is 10.0. The summed E-state index contributed by atoms with van der Waals surface area (Å²) in [6.45, 7) is 4.20. The average molecular weight is 378 g/mol. The zero-order valence-electron chi connectivity index (χ0n) is 15.9.